The van der Waals surface area contributed by atoms with Crippen molar-refractivity contribution in [3.63, 3.8) is 0 Å². The number of anilines is 1. The zero-order valence-corrected chi connectivity index (χ0v) is 13.4. The highest BCUT2D eigenvalue weighted by Crippen LogP contribution is 2.31. The first-order valence-corrected chi connectivity index (χ1v) is 7.81. The summed E-state index contributed by atoms with van der Waals surface area (Å²) in [5.74, 6) is 1.47. The van der Waals surface area contributed by atoms with Gasteiger partial charge in [-0.15, -0.1) is 0 Å². The second kappa shape index (κ2) is 6.17. The molecule has 1 aromatic heterocycles. The Morgan fingerprint density at radius 1 is 1.35 bits per heavy atom. The van der Waals surface area contributed by atoms with Crippen LogP contribution in [-0.4, -0.2) is 15.8 Å². The van der Waals surface area contributed by atoms with E-state index in [2.05, 4.69) is 24.3 Å². The Morgan fingerprint density at radius 2 is 2.05 bits per heavy atom. The van der Waals surface area contributed by atoms with Crippen LogP contribution in [0.25, 0.3) is 0 Å². The third kappa shape index (κ3) is 3.17. The van der Waals surface area contributed by atoms with Gasteiger partial charge in [0.15, 0.2) is 0 Å². The van der Waals surface area contributed by atoms with E-state index in [9.17, 15) is 4.79 Å². The molecule has 0 amide bonds. The molecular weight excluding hydrogens is 274 g/mol. The number of hydrogen-bond acceptors (Lipinski definition) is 3. The van der Waals surface area contributed by atoms with Gasteiger partial charge in [0.1, 0.15) is 5.02 Å². The fourth-order valence-corrected chi connectivity index (χ4v) is 3.00. The molecule has 0 radical (unpaired) electrons. The summed E-state index contributed by atoms with van der Waals surface area (Å²) in [6.45, 7) is 8.43. The standard InChI is InChI=1S/C15H24ClN3O/c1-9(2)19-15(20)14(16)13(8-17-19)18-12-6-5-10(3)11(4)7-12/h8-12,18H,5-7H2,1-4H3. The zero-order valence-electron chi connectivity index (χ0n) is 12.7. The largest absolute Gasteiger partial charge is 0.380 e. The first-order valence-electron chi connectivity index (χ1n) is 7.44. The quantitative estimate of drug-likeness (QED) is 0.925. The van der Waals surface area contributed by atoms with Crippen LogP contribution in [0.2, 0.25) is 5.02 Å². The van der Waals surface area contributed by atoms with E-state index in [1.54, 1.807) is 6.20 Å². The number of aromatic nitrogens is 2. The van der Waals surface area contributed by atoms with E-state index >= 15 is 0 Å². The van der Waals surface area contributed by atoms with Crippen LogP contribution in [0, 0.1) is 11.8 Å². The third-order valence-electron chi connectivity index (χ3n) is 4.39. The molecule has 4 nitrogen and oxygen atoms in total. The maximum Gasteiger partial charge on any atom is 0.287 e. The minimum atomic E-state index is -0.219. The Kier molecular flexibility index (Phi) is 4.74. The van der Waals surface area contributed by atoms with Gasteiger partial charge in [-0.2, -0.15) is 5.10 Å². The molecule has 2 rings (SSSR count). The van der Waals surface area contributed by atoms with Crippen molar-refractivity contribution in [1.82, 2.24) is 9.78 Å². The monoisotopic (exact) mass is 297 g/mol. The summed E-state index contributed by atoms with van der Waals surface area (Å²) in [4.78, 5) is 12.1. The van der Waals surface area contributed by atoms with Crippen LogP contribution in [0.1, 0.15) is 53.0 Å². The summed E-state index contributed by atoms with van der Waals surface area (Å²) >= 11 is 6.19. The van der Waals surface area contributed by atoms with Crippen molar-refractivity contribution in [2.75, 3.05) is 5.32 Å². The lowest BCUT2D eigenvalue weighted by Crippen LogP contribution is -2.32. The number of halogens is 1. The van der Waals surface area contributed by atoms with Crippen LogP contribution in [0.4, 0.5) is 5.69 Å². The third-order valence-corrected chi connectivity index (χ3v) is 4.76. The van der Waals surface area contributed by atoms with Crippen molar-refractivity contribution < 1.29 is 0 Å². The second-order valence-electron chi connectivity index (χ2n) is 6.32. The smallest absolute Gasteiger partial charge is 0.287 e. The highest BCUT2D eigenvalue weighted by molar-refractivity contribution is 6.32. The van der Waals surface area contributed by atoms with E-state index in [0.717, 1.165) is 18.8 Å². The van der Waals surface area contributed by atoms with Gasteiger partial charge < -0.3 is 5.32 Å². The van der Waals surface area contributed by atoms with E-state index in [1.165, 1.54) is 11.1 Å². The molecule has 3 unspecified atom stereocenters. The van der Waals surface area contributed by atoms with Gasteiger partial charge in [-0.1, -0.05) is 25.4 Å². The molecule has 1 N–H and O–H groups in total. The van der Waals surface area contributed by atoms with Gasteiger partial charge in [0, 0.05) is 6.04 Å². The van der Waals surface area contributed by atoms with Crippen molar-refractivity contribution in [3.8, 4) is 0 Å². The minimum Gasteiger partial charge on any atom is -0.380 e. The Labute approximate surface area is 125 Å². The van der Waals surface area contributed by atoms with Gasteiger partial charge in [0.05, 0.1) is 17.9 Å². The molecule has 0 bridgehead atoms. The summed E-state index contributed by atoms with van der Waals surface area (Å²) in [5.41, 5.74) is 0.448. The molecule has 1 aliphatic rings. The van der Waals surface area contributed by atoms with Gasteiger partial charge in [0.25, 0.3) is 5.56 Å². The van der Waals surface area contributed by atoms with Crippen molar-refractivity contribution in [2.45, 2.75) is 59.0 Å². The Bertz CT molecular complexity index is 526. The van der Waals surface area contributed by atoms with E-state index in [4.69, 9.17) is 11.6 Å². The fraction of sp³-hybridized carbons (Fsp3) is 0.733. The molecule has 3 atom stereocenters. The van der Waals surface area contributed by atoms with Crippen LogP contribution in [0.3, 0.4) is 0 Å². The SMILES string of the molecule is CC1CCC(Nc2cnn(C(C)C)c(=O)c2Cl)CC1C. The maximum atomic E-state index is 12.1. The average molecular weight is 298 g/mol. The summed E-state index contributed by atoms with van der Waals surface area (Å²) in [5, 5.41) is 7.84. The predicted octanol–water partition coefficient (Wildman–Crippen LogP) is 3.71. The van der Waals surface area contributed by atoms with Gasteiger partial charge >= 0.3 is 0 Å². The first kappa shape index (κ1) is 15.4. The van der Waals surface area contributed by atoms with Crippen molar-refractivity contribution in [2.24, 2.45) is 11.8 Å². The highest BCUT2D eigenvalue weighted by Gasteiger charge is 2.25. The molecule has 5 heteroatoms. The normalized spacial score (nSPS) is 26.8. The van der Waals surface area contributed by atoms with Crippen LogP contribution in [0.15, 0.2) is 11.0 Å². The number of nitrogens with zero attached hydrogens (tertiary/aromatic N) is 2. The Morgan fingerprint density at radius 3 is 2.65 bits per heavy atom. The molecule has 0 aliphatic heterocycles. The molecule has 1 aliphatic carbocycles. The molecule has 1 fully saturated rings. The summed E-state index contributed by atoms with van der Waals surface area (Å²) < 4.78 is 1.42. The maximum absolute atomic E-state index is 12.1. The number of nitrogens with one attached hydrogen (secondary N) is 1. The Hall–Kier alpha value is -1.03. The van der Waals surface area contributed by atoms with Gasteiger partial charge in [-0.3, -0.25) is 4.79 Å². The van der Waals surface area contributed by atoms with Crippen molar-refractivity contribution in [3.05, 3.63) is 21.6 Å². The van der Waals surface area contributed by atoms with Crippen LogP contribution < -0.4 is 10.9 Å². The predicted molar refractivity (Wildman–Crippen MR) is 83.5 cm³/mol. The van der Waals surface area contributed by atoms with Crippen molar-refractivity contribution >= 4 is 17.3 Å². The molecule has 0 spiro atoms. The van der Waals surface area contributed by atoms with Gasteiger partial charge in [-0.05, 0) is 44.9 Å². The van der Waals surface area contributed by atoms with E-state index in [1.807, 2.05) is 13.8 Å². The average Bonchev–Trinajstić information content (AvgIpc) is 2.39. The lowest BCUT2D eigenvalue weighted by molar-refractivity contribution is 0.261. The Balaban J connectivity index is 2.15. The fourth-order valence-electron chi connectivity index (χ4n) is 2.81. The van der Waals surface area contributed by atoms with Gasteiger partial charge in [0.2, 0.25) is 0 Å². The topological polar surface area (TPSA) is 46.9 Å². The van der Waals surface area contributed by atoms with Crippen molar-refractivity contribution in [1.29, 1.82) is 0 Å². The van der Waals surface area contributed by atoms with E-state index in [-0.39, 0.29) is 16.6 Å². The lowest BCUT2D eigenvalue weighted by Gasteiger charge is -2.33. The molecule has 20 heavy (non-hydrogen) atoms. The zero-order chi connectivity index (χ0) is 14.9. The molecule has 112 valence electrons. The first-order chi connectivity index (χ1) is 9.40. The van der Waals surface area contributed by atoms with Gasteiger partial charge in [-0.25, -0.2) is 4.68 Å². The molecular formula is C15H24ClN3O. The number of hydrogen-bond donors (Lipinski definition) is 1. The van der Waals surface area contributed by atoms with E-state index in [0.29, 0.717) is 17.6 Å². The van der Waals surface area contributed by atoms with Crippen LogP contribution in [0.5, 0.6) is 0 Å². The molecule has 0 aromatic carbocycles. The highest BCUT2D eigenvalue weighted by atomic mass is 35.5. The molecule has 1 saturated carbocycles. The van der Waals surface area contributed by atoms with E-state index < -0.39 is 0 Å². The minimum absolute atomic E-state index is 0.0182. The second-order valence-corrected chi connectivity index (χ2v) is 6.70. The molecule has 1 heterocycles. The number of rotatable bonds is 3. The lowest BCUT2D eigenvalue weighted by atomic mass is 9.79. The van der Waals surface area contributed by atoms with Crippen LogP contribution >= 0.6 is 11.6 Å². The summed E-state index contributed by atoms with van der Waals surface area (Å²) in [6, 6.07) is 0.402. The molecule has 1 aromatic rings. The summed E-state index contributed by atoms with van der Waals surface area (Å²) in [6.07, 6.45) is 5.12. The summed E-state index contributed by atoms with van der Waals surface area (Å²) in [7, 11) is 0. The molecule has 0 saturated heterocycles. The van der Waals surface area contributed by atoms with Crippen LogP contribution in [-0.2, 0) is 0 Å².